The molecule has 3 rings (SSSR count). The highest BCUT2D eigenvalue weighted by molar-refractivity contribution is 6.05. The topological polar surface area (TPSA) is 51.1 Å². The SMILES string of the molecule is Cn1cc(C(=O)Nc2cc(F)cc(F)c2)c(=O)c2cc(F)ccc21. The first-order chi connectivity index (χ1) is 11.3. The summed E-state index contributed by atoms with van der Waals surface area (Å²) in [4.78, 5) is 24.7. The molecule has 0 fully saturated rings. The first kappa shape index (κ1) is 15.8. The van der Waals surface area contributed by atoms with E-state index in [9.17, 15) is 22.8 Å². The van der Waals surface area contributed by atoms with E-state index in [1.807, 2.05) is 0 Å². The lowest BCUT2D eigenvalue weighted by atomic mass is 10.1. The molecule has 0 unspecified atom stereocenters. The zero-order chi connectivity index (χ0) is 17.4. The Morgan fingerprint density at radius 2 is 1.67 bits per heavy atom. The quantitative estimate of drug-likeness (QED) is 0.783. The van der Waals surface area contributed by atoms with E-state index in [0.717, 1.165) is 18.2 Å². The standard InChI is InChI=1S/C17H11F3N2O2/c1-22-8-14(16(23)13-7-9(18)2-3-15(13)22)17(24)21-12-5-10(19)4-11(20)6-12/h2-8H,1H3,(H,21,24). The van der Waals surface area contributed by atoms with Gasteiger partial charge >= 0.3 is 0 Å². The van der Waals surface area contributed by atoms with Crippen LogP contribution in [0, 0.1) is 17.5 Å². The molecule has 1 heterocycles. The van der Waals surface area contributed by atoms with Crippen LogP contribution in [0.1, 0.15) is 10.4 Å². The van der Waals surface area contributed by atoms with Crippen molar-refractivity contribution in [3.63, 3.8) is 0 Å². The Bertz CT molecular complexity index is 1010. The molecule has 0 saturated heterocycles. The van der Waals surface area contributed by atoms with Crippen LogP contribution in [0.2, 0.25) is 0 Å². The van der Waals surface area contributed by atoms with Crippen molar-refractivity contribution >= 4 is 22.5 Å². The third kappa shape index (κ3) is 2.88. The first-order valence-corrected chi connectivity index (χ1v) is 6.91. The molecule has 7 heteroatoms. The molecule has 1 N–H and O–H groups in total. The van der Waals surface area contributed by atoms with Crippen LogP contribution in [0.25, 0.3) is 10.9 Å². The van der Waals surface area contributed by atoms with Crippen LogP contribution in [0.3, 0.4) is 0 Å². The molecule has 0 aliphatic carbocycles. The molecule has 0 radical (unpaired) electrons. The molecule has 122 valence electrons. The van der Waals surface area contributed by atoms with Gasteiger partial charge in [0.2, 0.25) is 5.43 Å². The van der Waals surface area contributed by atoms with E-state index in [1.54, 1.807) is 7.05 Å². The van der Waals surface area contributed by atoms with Gasteiger partial charge in [-0.15, -0.1) is 0 Å². The monoisotopic (exact) mass is 332 g/mol. The fourth-order valence-corrected chi connectivity index (χ4v) is 2.45. The van der Waals surface area contributed by atoms with E-state index in [-0.39, 0.29) is 16.6 Å². The maximum atomic E-state index is 13.4. The van der Waals surface area contributed by atoms with Crippen LogP contribution in [-0.4, -0.2) is 10.5 Å². The van der Waals surface area contributed by atoms with Gasteiger partial charge in [-0.1, -0.05) is 0 Å². The van der Waals surface area contributed by atoms with Gasteiger partial charge in [-0.05, 0) is 30.3 Å². The van der Waals surface area contributed by atoms with Crippen molar-refractivity contribution in [3.8, 4) is 0 Å². The second-order valence-corrected chi connectivity index (χ2v) is 5.26. The Morgan fingerprint density at radius 1 is 1.00 bits per heavy atom. The molecule has 2 aromatic carbocycles. The number of aryl methyl sites for hydroxylation is 1. The number of anilines is 1. The van der Waals surface area contributed by atoms with Crippen molar-refractivity contribution in [1.29, 1.82) is 0 Å². The lowest BCUT2D eigenvalue weighted by Gasteiger charge is -2.10. The summed E-state index contributed by atoms with van der Waals surface area (Å²) in [5.74, 6) is -3.17. The zero-order valence-corrected chi connectivity index (χ0v) is 12.4. The number of pyridine rings is 1. The normalized spacial score (nSPS) is 10.8. The Morgan fingerprint density at radius 3 is 2.33 bits per heavy atom. The fourth-order valence-electron chi connectivity index (χ4n) is 2.45. The summed E-state index contributed by atoms with van der Waals surface area (Å²) in [6.07, 6.45) is 1.29. The predicted octanol–water partition coefficient (Wildman–Crippen LogP) is 3.21. The molecule has 24 heavy (non-hydrogen) atoms. The van der Waals surface area contributed by atoms with Crippen molar-refractivity contribution < 1.29 is 18.0 Å². The molecular formula is C17H11F3N2O2. The Hall–Kier alpha value is -3.09. The first-order valence-electron chi connectivity index (χ1n) is 6.91. The Labute approximate surface area is 134 Å². The maximum Gasteiger partial charge on any atom is 0.261 e. The van der Waals surface area contributed by atoms with E-state index >= 15 is 0 Å². The van der Waals surface area contributed by atoms with Crippen LogP contribution < -0.4 is 10.7 Å². The minimum atomic E-state index is -0.862. The summed E-state index contributed by atoms with van der Waals surface area (Å²) in [5.41, 5.74) is -0.606. The third-order valence-corrected chi connectivity index (χ3v) is 3.52. The third-order valence-electron chi connectivity index (χ3n) is 3.52. The van der Waals surface area contributed by atoms with Gasteiger partial charge in [-0.25, -0.2) is 13.2 Å². The van der Waals surface area contributed by atoms with Crippen LogP contribution in [0.4, 0.5) is 18.9 Å². The molecule has 0 aliphatic heterocycles. The lowest BCUT2D eigenvalue weighted by Crippen LogP contribution is -2.23. The van der Waals surface area contributed by atoms with E-state index in [4.69, 9.17) is 0 Å². The molecule has 0 spiro atoms. The van der Waals surface area contributed by atoms with Crippen molar-refractivity contribution in [2.75, 3.05) is 5.32 Å². The van der Waals surface area contributed by atoms with Crippen LogP contribution in [0.15, 0.2) is 47.4 Å². The fraction of sp³-hybridized carbons (Fsp3) is 0.0588. The van der Waals surface area contributed by atoms with E-state index in [0.29, 0.717) is 11.6 Å². The van der Waals surface area contributed by atoms with Crippen molar-refractivity contribution in [1.82, 2.24) is 4.57 Å². The highest BCUT2D eigenvalue weighted by Crippen LogP contribution is 2.16. The number of rotatable bonds is 2. The Balaban J connectivity index is 2.07. The molecule has 0 bridgehead atoms. The van der Waals surface area contributed by atoms with E-state index in [2.05, 4.69) is 5.32 Å². The Kier molecular flexibility index (Phi) is 3.84. The van der Waals surface area contributed by atoms with Gasteiger partial charge in [-0.2, -0.15) is 0 Å². The number of benzene rings is 2. The van der Waals surface area contributed by atoms with Gasteiger partial charge < -0.3 is 9.88 Å². The van der Waals surface area contributed by atoms with Crippen molar-refractivity contribution in [2.24, 2.45) is 7.05 Å². The average Bonchev–Trinajstić information content (AvgIpc) is 2.49. The predicted molar refractivity (Wildman–Crippen MR) is 83.5 cm³/mol. The number of carbonyl (C=O) groups excluding carboxylic acids is 1. The number of carbonyl (C=O) groups is 1. The zero-order valence-electron chi connectivity index (χ0n) is 12.4. The molecule has 0 aliphatic rings. The molecule has 0 atom stereocenters. The van der Waals surface area contributed by atoms with E-state index < -0.39 is 28.8 Å². The molecule has 1 aromatic heterocycles. The number of nitrogens with one attached hydrogen (secondary N) is 1. The highest BCUT2D eigenvalue weighted by atomic mass is 19.1. The van der Waals surface area contributed by atoms with E-state index in [1.165, 1.54) is 22.9 Å². The molecular weight excluding hydrogens is 321 g/mol. The summed E-state index contributed by atoms with van der Waals surface area (Å²) >= 11 is 0. The van der Waals surface area contributed by atoms with Gasteiger partial charge in [0, 0.05) is 30.4 Å². The maximum absolute atomic E-state index is 13.4. The highest BCUT2D eigenvalue weighted by Gasteiger charge is 2.16. The molecule has 4 nitrogen and oxygen atoms in total. The summed E-state index contributed by atoms with van der Waals surface area (Å²) in [5, 5.41) is 2.30. The number of hydrogen-bond donors (Lipinski definition) is 1. The summed E-state index contributed by atoms with van der Waals surface area (Å²) < 4.78 is 41.2. The summed E-state index contributed by atoms with van der Waals surface area (Å²) in [6, 6.07) is 6.18. The van der Waals surface area contributed by atoms with Crippen molar-refractivity contribution in [3.05, 3.63) is 75.8 Å². The second kappa shape index (κ2) is 5.84. The smallest absolute Gasteiger partial charge is 0.261 e. The number of aromatic nitrogens is 1. The summed E-state index contributed by atoms with van der Waals surface area (Å²) in [7, 11) is 1.60. The number of hydrogen-bond acceptors (Lipinski definition) is 2. The van der Waals surface area contributed by atoms with Gasteiger partial charge in [-0.3, -0.25) is 9.59 Å². The number of fused-ring (bicyclic) bond motifs is 1. The van der Waals surface area contributed by atoms with Gasteiger partial charge in [0.1, 0.15) is 23.0 Å². The molecule has 1 amide bonds. The minimum Gasteiger partial charge on any atom is -0.350 e. The number of amides is 1. The average molecular weight is 332 g/mol. The number of nitrogens with zero attached hydrogens (tertiary/aromatic N) is 1. The van der Waals surface area contributed by atoms with Gasteiger partial charge in [0.15, 0.2) is 0 Å². The lowest BCUT2D eigenvalue weighted by molar-refractivity contribution is 0.102. The van der Waals surface area contributed by atoms with Gasteiger partial charge in [0.25, 0.3) is 5.91 Å². The van der Waals surface area contributed by atoms with Crippen LogP contribution in [-0.2, 0) is 7.05 Å². The van der Waals surface area contributed by atoms with Gasteiger partial charge in [0.05, 0.1) is 5.52 Å². The molecule has 3 aromatic rings. The molecule has 0 saturated carbocycles. The second-order valence-electron chi connectivity index (χ2n) is 5.26. The van der Waals surface area contributed by atoms with Crippen molar-refractivity contribution in [2.45, 2.75) is 0 Å². The minimum absolute atomic E-state index is 0.0376. The van der Waals surface area contributed by atoms with Crippen LogP contribution in [0.5, 0.6) is 0 Å². The van der Waals surface area contributed by atoms with Crippen LogP contribution >= 0.6 is 0 Å². The summed E-state index contributed by atoms with van der Waals surface area (Å²) in [6.45, 7) is 0. The largest absolute Gasteiger partial charge is 0.350 e. The number of halogens is 3.